The molecule has 138 valence electrons. The van der Waals surface area contributed by atoms with Gasteiger partial charge in [0.25, 0.3) is 5.91 Å². The lowest BCUT2D eigenvalue weighted by molar-refractivity contribution is -0.137. The van der Waals surface area contributed by atoms with Crippen molar-refractivity contribution in [3.63, 3.8) is 0 Å². The molecule has 1 heterocycles. The van der Waals surface area contributed by atoms with Gasteiger partial charge in [-0.25, -0.2) is 0 Å². The number of benzene rings is 1. The number of amides is 2. The van der Waals surface area contributed by atoms with Crippen molar-refractivity contribution in [3.05, 3.63) is 64.6 Å². The molecule has 2 amide bonds. The molecule has 0 aliphatic heterocycles. The number of hydrogen-bond donors (Lipinski definition) is 2. The number of nitrogens with one attached hydrogen (secondary N) is 2. The minimum atomic E-state index is -4.57. The molecule has 0 aliphatic rings. The van der Waals surface area contributed by atoms with Crippen LogP contribution < -0.4 is 10.6 Å². The largest absolute Gasteiger partial charge is 0.459 e. The first kappa shape index (κ1) is 19.6. The van der Waals surface area contributed by atoms with Crippen LogP contribution in [-0.4, -0.2) is 24.9 Å². The molecule has 0 radical (unpaired) electrons. The second-order valence-corrected chi connectivity index (χ2v) is 5.50. The predicted octanol–water partition coefficient (Wildman–Crippen LogP) is 3.51. The van der Waals surface area contributed by atoms with Gasteiger partial charge in [0.05, 0.1) is 16.8 Å². The Morgan fingerprint density at radius 3 is 2.54 bits per heavy atom. The summed E-state index contributed by atoms with van der Waals surface area (Å²) in [5.41, 5.74) is -0.787. The van der Waals surface area contributed by atoms with Crippen LogP contribution in [0.4, 0.5) is 13.2 Å². The van der Waals surface area contributed by atoms with Crippen LogP contribution in [0.1, 0.15) is 21.7 Å². The van der Waals surface area contributed by atoms with E-state index in [0.29, 0.717) is 0 Å². The Morgan fingerprint density at radius 2 is 1.88 bits per heavy atom. The molecule has 0 saturated carbocycles. The van der Waals surface area contributed by atoms with E-state index in [4.69, 9.17) is 16.0 Å². The molecule has 2 aromatic rings. The average molecular weight is 387 g/mol. The third-order valence-corrected chi connectivity index (χ3v) is 3.51. The number of carbonyl (C=O) groups excluding carboxylic acids is 2. The first-order valence-electron chi connectivity index (χ1n) is 7.42. The van der Waals surface area contributed by atoms with Crippen molar-refractivity contribution in [2.45, 2.75) is 6.18 Å². The van der Waals surface area contributed by atoms with E-state index in [1.54, 1.807) is 6.07 Å². The zero-order valence-corrected chi connectivity index (χ0v) is 14.0. The molecule has 0 unspecified atom stereocenters. The van der Waals surface area contributed by atoms with E-state index in [2.05, 4.69) is 10.6 Å². The van der Waals surface area contributed by atoms with Crippen molar-refractivity contribution in [3.8, 4) is 0 Å². The summed E-state index contributed by atoms with van der Waals surface area (Å²) in [6.45, 7) is 0.308. The molecule has 0 bridgehead atoms. The Balaban J connectivity index is 1.81. The van der Waals surface area contributed by atoms with E-state index in [1.165, 1.54) is 24.5 Å². The van der Waals surface area contributed by atoms with Gasteiger partial charge in [-0.15, -0.1) is 0 Å². The maximum absolute atomic E-state index is 12.8. The van der Waals surface area contributed by atoms with Crippen molar-refractivity contribution >= 4 is 29.5 Å². The molecule has 0 aliphatic carbocycles. The van der Waals surface area contributed by atoms with Crippen molar-refractivity contribution < 1.29 is 27.2 Å². The molecular weight excluding hydrogens is 373 g/mol. The maximum Gasteiger partial charge on any atom is 0.417 e. The van der Waals surface area contributed by atoms with E-state index >= 15 is 0 Å². The smallest absolute Gasteiger partial charge is 0.417 e. The van der Waals surface area contributed by atoms with Gasteiger partial charge in [-0.2, -0.15) is 13.2 Å². The molecule has 9 heteroatoms. The van der Waals surface area contributed by atoms with Gasteiger partial charge in [-0.3, -0.25) is 9.59 Å². The fraction of sp³-hybridized carbons (Fsp3) is 0.176. The summed E-state index contributed by atoms with van der Waals surface area (Å²) in [5.74, 6) is -0.777. The molecular formula is C17H14ClF3N2O3. The number of halogens is 4. The minimum Gasteiger partial charge on any atom is -0.459 e. The lowest BCUT2D eigenvalue weighted by Crippen LogP contribution is -2.33. The lowest BCUT2D eigenvalue weighted by atomic mass is 10.1. The Bertz CT molecular complexity index is 802. The minimum absolute atomic E-state index is 0.143. The van der Waals surface area contributed by atoms with Crippen LogP contribution in [0.5, 0.6) is 0 Å². The molecule has 1 aromatic heterocycles. The van der Waals surface area contributed by atoms with Gasteiger partial charge in [-0.1, -0.05) is 17.7 Å². The molecule has 0 atom stereocenters. The first-order valence-corrected chi connectivity index (χ1v) is 7.79. The molecule has 0 saturated heterocycles. The molecule has 5 nitrogen and oxygen atoms in total. The van der Waals surface area contributed by atoms with Crippen LogP contribution in [0, 0.1) is 0 Å². The fourth-order valence-corrected chi connectivity index (χ4v) is 2.18. The van der Waals surface area contributed by atoms with Crippen molar-refractivity contribution in [2.24, 2.45) is 0 Å². The molecule has 26 heavy (non-hydrogen) atoms. The SMILES string of the molecule is O=C(/C=C/c1ccc(Cl)c(C(F)(F)F)c1)NCCNC(=O)c1ccco1. The zero-order chi connectivity index (χ0) is 19.2. The van der Waals surface area contributed by atoms with E-state index < -0.39 is 28.6 Å². The van der Waals surface area contributed by atoms with Crippen LogP contribution in [0.15, 0.2) is 47.1 Å². The topological polar surface area (TPSA) is 71.3 Å². The molecule has 2 rings (SSSR count). The quantitative estimate of drug-likeness (QED) is 0.589. The van der Waals surface area contributed by atoms with Gasteiger partial charge in [0.2, 0.25) is 5.91 Å². The number of carbonyl (C=O) groups is 2. The summed E-state index contributed by atoms with van der Waals surface area (Å²) >= 11 is 5.53. The maximum atomic E-state index is 12.8. The van der Waals surface area contributed by atoms with E-state index in [9.17, 15) is 22.8 Å². The second-order valence-electron chi connectivity index (χ2n) is 5.09. The van der Waals surface area contributed by atoms with E-state index in [1.807, 2.05) is 0 Å². The predicted molar refractivity (Wildman–Crippen MR) is 89.5 cm³/mol. The standard InChI is InChI=1S/C17H14ClF3N2O3/c18-13-5-3-11(10-12(13)17(19,20)21)4-6-15(24)22-7-8-23-16(25)14-2-1-9-26-14/h1-6,9-10H,7-8H2,(H,22,24)(H,23,25)/b6-4+. The van der Waals surface area contributed by atoms with Crippen LogP contribution in [0.2, 0.25) is 5.02 Å². The van der Waals surface area contributed by atoms with Gasteiger partial charge in [0.15, 0.2) is 5.76 Å². The molecule has 2 N–H and O–H groups in total. The highest BCUT2D eigenvalue weighted by Crippen LogP contribution is 2.35. The Kier molecular flexibility index (Phi) is 6.46. The summed E-state index contributed by atoms with van der Waals surface area (Å²) in [6.07, 6.45) is -0.877. The highest BCUT2D eigenvalue weighted by atomic mass is 35.5. The number of rotatable bonds is 6. The monoisotopic (exact) mass is 386 g/mol. The van der Waals surface area contributed by atoms with E-state index in [0.717, 1.165) is 18.2 Å². The Hall–Kier alpha value is -2.74. The molecule has 0 spiro atoms. The number of alkyl halides is 3. The first-order chi connectivity index (χ1) is 12.3. The summed E-state index contributed by atoms with van der Waals surface area (Å²) in [5, 5.41) is 4.61. The summed E-state index contributed by atoms with van der Waals surface area (Å²) < 4.78 is 43.2. The van der Waals surface area contributed by atoms with Crippen LogP contribution in [0.25, 0.3) is 6.08 Å². The normalized spacial score (nSPS) is 11.5. The third-order valence-electron chi connectivity index (χ3n) is 3.18. The molecule has 1 aromatic carbocycles. The van der Waals surface area contributed by atoms with Gasteiger partial charge >= 0.3 is 6.18 Å². The van der Waals surface area contributed by atoms with Crippen molar-refractivity contribution in [1.29, 1.82) is 0 Å². The van der Waals surface area contributed by atoms with Crippen LogP contribution >= 0.6 is 11.6 Å². The van der Waals surface area contributed by atoms with Gasteiger partial charge in [-0.05, 0) is 35.9 Å². The number of hydrogen-bond acceptors (Lipinski definition) is 3. The Labute approximate surface area is 151 Å². The highest BCUT2D eigenvalue weighted by molar-refractivity contribution is 6.31. The van der Waals surface area contributed by atoms with Gasteiger partial charge in [0.1, 0.15) is 0 Å². The average Bonchev–Trinajstić information content (AvgIpc) is 3.11. The summed E-state index contributed by atoms with van der Waals surface area (Å²) in [6, 6.07) is 6.41. The van der Waals surface area contributed by atoms with Crippen molar-refractivity contribution in [1.82, 2.24) is 10.6 Å². The number of furan rings is 1. The van der Waals surface area contributed by atoms with Gasteiger partial charge in [0, 0.05) is 19.2 Å². The van der Waals surface area contributed by atoms with Crippen LogP contribution in [-0.2, 0) is 11.0 Å². The second kappa shape index (κ2) is 8.57. The zero-order valence-electron chi connectivity index (χ0n) is 13.3. The summed E-state index contributed by atoms with van der Waals surface area (Å²) in [4.78, 5) is 23.2. The third kappa shape index (κ3) is 5.66. The Morgan fingerprint density at radius 1 is 1.15 bits per heavy atom. The fourth-order valence-electron chi connectivity index (χ4n) is 1.95. The highest BCUT2D eigenvalue weighted by Gasteiger charge is 2.33. The summed E-state index contributed by atoms with van der Waals surface area (Å²) in [7, 11) is 0. The van der Waals surface area contributed by atoms with Crippen molar-refractivity contribution in [2.75, 3.05) is 13.1 Å². The molecule has 0 fully saturated rings. The lowest BCUT2D eigenvalue weighted by Gasteiger charge is -2.09. The van der Waals surface area contributed by atoms with E-state index in [-0.39, 0.29) is 24.4 Å². The van der Waals surface area contributed by atoms with Crippen LogP contribution in [0.3, 0.4) is 0 Å². The van der Waals surface area contributed by atoms with Gasteiger partial charge < -0.3 is 15.1 Å².